The van der Waals surface area contributed by atoms with Crippen molar-refractivity contribution in [2.45, 2.75) is 6.92 Å². The molecular formula is C12H5N4O2P. The fourth-order valence-corrected chi connectivity index (χ4v) is 4.91. The minimum absolute atomic E-state index is 0.0538. The van der Waals surface area contributed by atoms with Gasteiger partial charge >= 0.3 is 0 Å². The highest BCUT2D eigenvalue weighted by Crippen LogP contribution is 2.70. The number of furan rings is 1. The molecular weight excluding hydrogens is 263 g/mol. The summed E-state index contributed by atoms with van der Waals surface area (Å²) in [4.78, 5) is 4.08. The van der Waals surface area contributed by atoms with Gasteiger partial charge in [-0.3, -0.25) is 0 Å². The van der Waals surface area contributed by atoms with Crippen LogP contribution in [0.3, 0.4) is 0 Å². The van der Waals surface area contributed by atoms with E-state index in [2.05, 4.69) is 4.98 Å². The second kappa shape index (κ2) is 2.71. The van der Waals surface area contributed by atoms with E-state index in [0.717, 1.165) is 5.30 Å². The van der Waals surface area contributed by atoms with Crippen molar-refractivity contribution in [3.05, 3.63) is 16.7 Å². The molecule has 19 heavy (non-hydrogen) atoms. The molecule has 0 saturated carbocycles. The van der Waals surface area contributed by atoms with Gasteiger partial charge in [0.05, 0.1) is 21.7 Å². The third kappa shape index (κ3) is 0.907. The fraction of sp³-hybridized carbons (Fsp3) is 0.0833. The Morgan fingerprint density at radius 2 is 1.89 bits per heavy atom. The molecule has 3 aliphatic rings. The number of nitrogen functional groups attached to an aromatic ring is 1. The van der Waals surface area contributed by atoms with Crippen LogP contribution in [0.2, 0.25) is 0 Å². The van der Waals surface area contributed by atoms with Crippen LogP contribution < -0.4 is 21.8 Å². The minimum atomic E-state index is -2.36. The number of rotatable bonds is 1. The lowest BCUT2D eigenvalue weighted by Crippen LogP contribution is -2.05. The summed E-state index contributed by atoms with van der Waals surface area (Å²) in [6, 6.07) is 3.94. The molecule has 2 N–H and O–H groups in total. The van der Waals surface area contributed by atoms with E-state index >= 15 is 0 Å². The number of nitrogens with two attached hydrogens (primary N) is 1. The van der Waals surface area contributed by atoms with Crippen molar-refractivity contribution in [2.24, 2.45) is 0 Å². The third-order valence-electron chi connectivity index (χ3n) is 3.57. The highest BCUT2D eigenvalue weighted by atomic mass is 31.2. The molecule has 2 aromatic rings. The Morgan fingerprint density at radius 3 is 2.37 bits per heavy atom. The molecule has 5 heterocycles. The number of pyridine rings is 1. The summed E-state index contributed by atoms with van der Waals surface area (Å²) in [6.45, 7) is 1.64. The van der Waals surface area contributed by atoms with E-state index in [1.54, 1.807) is 6.92 Å². The summed E-state index contributed by atoms with van der Waals surface area (Å²) in [7, 11) is -2.36. The minimum Gasteiger partial charge on any atom is -0.449 e. The van der Waals surface area contributed by atoms with Gasteiger partial charge in [-0.05, 0) is 12.5 Å². The fourth-order valence-electron chi connectivity index (χ4n) is 2.43. The Hall–Kier alpha value is -2.56. The van der Waals surface area contributed by atoms with Crippen LogP contribution in [0.4, 0.5) is 5.82 Å². The maximum Gasteiger partial charge on any atom is 0.214 e. The molecule has 2 aromatic heterocycles. The molecule has 0 fully saturated rings. The number of hydrogen-bond donors (Lipinski definition) is 1. The topological polar surface area (TPSA) is 117 Å². The van der Waals surface area contributed by atoms with Crippen LogP contribution in [0, 0.1) is 29.6 Å². The van der Waals surface area contributed by atoms with E-state index in [0.29, 0.717) is 22.1 Å². The molecule has 0 saturated heterocycles. The standard InChI is InChI=1S/C12H5N4O2P/c1-4-5(2-13)7(16-11(15)6(4)3-14)8-9-10-12(18-8)19(9,10)17/h1H3,(H2,15,16). The average molecular weight is 268 g/mol. The number of hydrogen-bond acceptors (Lipinski definition) is 6. The van der Waals surface area contributed by atoms with Crippen LogP contribution in [0.25, 0.3) is 11.5 Å². The van der Waals surface area contributed by atoms with Crippen LogP contribution >= 0.6 is 7.14 Å². The van der Waals surface area contributed by atoms with Gasteiger partial charge in [-0.15, -0.1) is 0 Å². The van der Waals surface area contributed by atoms with Gasteiger partial charge in [-0.2, -0.15) is 10.5 Å². The van der Waals surface area contributed by atoms with E-state index < -0.39 is 7.14 Å². The van der Waals surface area contributed by atoms with Crippen molar-refractivity contribution < 1.29 is 8.98 Å². The highest BCUT2D eigenvalue weighted by Gasteiger charge is 2.75. The van der Waals surface area contributed by atoms with Gasteiger partial charge in [0.2, 0.25) is 7.14 Å². The lowest BCUT2D eigenvalue weighted by Gasteiger charge is -2.07. The van der Waals surface area contributed by atoms with Crippen molar-refractivity contribution in [1.82, 2.24) is 4.98 Å². The summed E-state index contributed by atoms with van der Waals surface area (Å²) >= 11 is 0. The molecule has 0 aromatic carbocycles. The van der Waals surface area contributed by atoms with Crippen molar-refractivity contribution in [1.29, 1.82) is 10.5 Å². The van der Waals surface area contributed by atoms with Gasteiger partial charge in [0.1, 0.15) is 23.7 Å². The predicted molar refractivity (Wildman–Crippen MR) is 67.0 cm³/mol. The Labute approximate surface area is 107 Å². The predicted octanol–water partition coefficient (Wildman–Crippen LogP) is 0.242. The molecule has 7 heteroatoms. The summed E-state index contributed by atoms with van der Waals surface area (Å²) < 4.78 is 17.4. The normalized spacial score (nSPS) is 20.4. The second-order valence-electron chi connectivity index (χ2n) is 4.49. The average Bonchev–Trinajstić information content (AvgIpc) is 3.01. The molecule has 0 amide bonds. The van der Waals surface area contributed by atoms with Crippen LogP contribution in [0.5, 0.6) is 0 Å². The van der Waals surface area contributed by atoms with Crippen molar-refractivity contribution in [3.63, 3.8) is 0 Å². The van der Waals surface area contributed by atoms with Gasteiger partial charge in [0.15, 0.2) is 11.3 Å². The Kier molecular flexibility index (Phi) is 1.48. The maximum atomic E-state index is 12.0. The summed E-state index contributed by atoms with van der Waals surface area (Å²) in [5.74, 6) is 0.433. The molecule has 6 nitrogen and oxygen atoms in total. The van der Waals surface area contributed by atoms with E-state index in [9.17, 15) is 9.83 Å². The first-order valence-electron chi connectivity index (χ1n) is 5.44. The Balaban J connectivity index is 2.04. The zero-order valence-electron chi connectivity index (χ0n) is 9.68. The van der Waals surface area contributed by atoms with Crippen molar-refractivity contribution >= 4 is 29.1 Å². The first kappa shape index (κ1) is 10.4. The van der Waals surface area contributed by atoms with E-state index in [1.807, 2.05) is 12.1 Å². The molecule has 1 unspecified atom stereocenters. The first-order chi connectivity index (χ1) is 9.05. The van der Waals surface area contributed by atoms with Crippen LogP contribution in [-0.2, 0) is 4.57 Å². The lowest BCUT2D eigenvalue weighted by molar-refractivity contribution is 0.590. The molecule has 90 valence electrons. The van der Waals surface area contributed by atoms with Gasteiger partial charge in [-0.1, -0.05) is 0 Å². The molecule has 3 aliphatic heterocycles. The lowest BCUT2D eigenvalue weighted by atomic mass is 10.0. The molecule has 1 atom stereocenters. The number of nitriles is 2. The second-order valence-corrected chi connectivity index (χ2v) is 7.01. The Morgan fingerprint density at radius 1 is 1.26 bits per heavy atom. The van der Waals surface area contributed by atoms with Crippen LogP contribution in [-0.4, -0.2) is 4.98 Å². The monoisotopic (exact) mass is 268 g/mol. The summed E-state index contributed by atoms with van der Waals surface area (Å²) in [6.07, 6.45) is 0. The van der Waals surface area contributed by atoms with Crippen molar-refractivity contribution in [3.8, 4) is 23.6 Å². The number of anilines is 1. The molecule has 0 radical (unpaired) electrons. The molecule has 5 rings (SSSR count). The molecule has 0 aliphatic carbocycles. The number of nitrogens with zero attached hydrogens (tertiary/aromatic N) is 3. The largest absolute Gasteiger partial charge is 0.449 e. The van der Waals surface area contributed by atoms with Crippen molar-refractivity contribution in [2.75, 3.05) is 5.73 Å². The van der Waals surface area contributed by atoms with Crippen LogP contribution in [0.15, 0.2) is 4.42 Å². The number of aromatic nitrogens is 1. The van der Waals surface area contributed by atoms with Gasteiger partial charge in [0, 0.05) is 0 Å². The SMILES string of the molecule is Cc1c(C#N)c(N)nc(-c2oc3c4c2P34=O)c1C#N. The maximum absolute atomic E-state index is 12.0. The van der Waals surface area contributed by atoms with Gasteiger partial charge in [-0.25, -0.2) is 4.98 Å². The van der Waals surface area contributed by atoms with Crippen LogP contribution in [0.1, 0.15) is 16.7 Å². The zero-order chi connectivity index (χ0) is 13.5. The zero-order valence-corrected chi connectivity index (χ0v) is 10.6. The first-order valence-corrected chi connectivity index (χ1v) is 7.15. The van der Waals surface area contributed by atoms with E-state index in [-0.39, 0.29) is 22.6 Å². The molecule has 2 bridgehead atoms. The highest BCUT2D eigenvalue weighted by molar-refractivity contribution is 8.06. The third-order valence-corrected chi connectivity index (χ3v) is 6.12. The molecule has 0 spiro atoms. The van der Waals surface area contributed by atoms with Gasteiger partial charge < -0.3 is 14.7 Å². The quantitative estimate of drug-likeness (QED) is 0.494. The number of fused-ring (bicyclic) bond motifs is 1. The Bertz CT molecular complexity index is 933. The van der Waals surface area contributed by atoms with E-state index in [1.165, 1.54) is 0 Å². The summed E-state index contributed by atoms with van der Waals surface area (Å²) in [5.41, 5.74) is 7.45. The summed E-state index contributed by atoms with van der Waals surface area (Å²) in [5, 5.41) is 19.7. The smallest absolute Gasteiger partial charge is 0.214 e. The van der Waals surface area contributed by atoms with E-state index in [4.69, 9.17) is 15.4 Å². The van der Waals surface area contributed by atoms with Gasteiger partial charge in [0.25, 0.3) is 0 Å².